The zero-order chi connectivity index (χ0) is 18.9. The number of hydrogen-bond acceptors (Lipinski definition) is 7. The average Bonchev–Trinajstić information content (AvgIpc) is 2.63. The summed E-state index contributed by atoms with van der Waals surface area (Å²) in [5, 5.41) is 24.2. The fraction of sp³-hybridized carbons (Fsp3) is 0.176. The molecule has 9 heteroatoms. The van der Waals surface area contributed by atoms with E-state index in [-0.39, 0.29) is 17.2 Å². The fourth-order valence-electron chi connectivity index (χ4n) is 1.97. The number of benzene rings is 2. The topological polar surface area (TPSA) is 123 Å². The van der Waals surface area contributed by atoms with Gasteiger partial charge in [-0.2, -0.15) is 5.10 Å². The van der Waals surface area contributed by atoms with Crippen LogP contribution < -0.4 is 14.9 Å². The number of ether oxygens (including phenoxy) is 2. The molecule has 136 valence electrons. The minimum Gasteiger partial charge on any atom is -0.504 e. The smallest absolute Gasteiger partial charge is 0.310 e. The average molecular weight is 359 g/mol. The third kappa shape index (κ3) is 5.20. The van der Waals surface area contributed by atoms with Gasteiger partial charge in [-0.3, -0.25) is 14.9 Å². The second kappa shape index (κ2) is 9.02. The molecule has 0 aliphatic carbocycles. The van der Waals surface area contributed by atoms with Crippen molar-refractivity contribution in [2.24, 2.45) is 5.10 Å². The van der Waals surface area contributed by atoms with Crippen LogP contribution >= 0.6 is 0 Å². The standard InChI is InChI=1S/C17H17N3O6/c1-2-25-16-9-12(7-8-14(16)21)10-18-19-17(22)11-26-15-6-4-3-5-13(15)20(23)24/h3-10,21H,2,11H2,1H3,(H,19,22). The Labute approximate surface area is 149 Å². The van der Waals surface area contributed by atoms with Crippen molar-refractivity contribution in [3.05, 3.63) is 58.1 Å². The maximum atomic E-state index is 11.7. The summed E-state index contributed by atoms with van der Waals surface area (Å²) in [5.74, 6) is -0.270. The summed E-state index contributed by atoms with van der Waals surface area (Å²) in [5.41, 5.74) is 2.63. The van der Waals surface area contributed by atoms with Gasteiger partial charge < -0.3 is 14.6 Å². The van der Waals surface area contributed by atoms with Gasteiger partial charge in [-0.15, -0.1) is 0 Å². The number of nitro benzene ring substituents is 1. The van der Waals surface area contributed by atoms with E-state index in [1.807, 2.05) is 0 Å². The number of carbonyl (C=O) groups is 1. The second-order valence-electron chi connectivity index (χ2n) is 4.97. The maximum Gasteiger partial charge on any atom is 0.310 e. The molecule has 0 saturated heterocycles. The van der Waals surface area contributed by atoms with Crippen molar-refractivity contribution in [2.45, 2.75) is 6.92 Å². The van der Waals surface area contributed by atoms with Crippen LogP contribution in [0.4, 0.5) is 5.69 Å². The lowest BCUT2D eigenvalue weighted by atomic mass is 10.2. The number of hydrogen-bond donors (Lipinski definition) is 2. The first-order chi connectivity index (χ1) is 12.5. The largest absolute Gasteiger partial charge is 0.504 e. The molecular formula is C17H17N3O6. The van der Waals surface area contributed by atoms with Gasteiger partial charge in [0, 0.05) is 6.07 Å². The first-order valence-corrected chi connectivity index (χ1v) is 7.65. The van der Waals surface area contributed by atoms with Crippen LogP contribution in [0.5, 0.6) is 17.2 Å². The number of nitrogens with one attached hydrogen (secondary N) is 1. The first-order valence-electron chi connectivity index (χ1n) is 7.65. The number of nitrogens with zero attached hydrogens (tertiary/aromatic N) is 2. The van der Waals surface area contributed by atoms with Crippen molar-refractivity contribution in [1.29, 1.82) is 0 Å². The maximum absolute atomic E-state index is 11.7. The van der Waals surface area contributed by atoms with Gasteiger partial charge in [-0.05, 0) is 36.8 Å². The molecule has 26 heavy (non-hydrogen) atoms. The summed E-state index contributed by atoms with van der Waals surface area (Å²) in [6.07, 6.45) is 1.37. The third-order valence-electron chi connectivity index (χ3n) is 3.11. The molecule has 0 heterocycles. The number of phenolic OH excluding ortho intramolecular Hbond substituents is 1. The van der Waals surface area contributed by atoms with Crippen molar-refractivity contribution in [3.8, 4) is 17.2 Å². The zero-order valence-corrected chi connectivity index (χ0v) is 13.9. The van der Waals surface area contributed by atoms with Crippen LogP contribution in [0.25, 0.3) is 0 Å². The summed E-state index contributed by atoms with van der Waals surface area (Å²) in [6.45, 7) is 1.76. The molecule has 0 saturated carbocycles. The quantitative estimate of drug-likeness (QED) is 0.423. The Bertz CT molecular complexity index is 822. The Balaban J connectivity index is 1.90. The van der Waals surface area contributed by atoms with Crippen molar-refractivity contribution < 1.29 is 24.3 Å². The lowest BCUT2D eigenvalue weighted by Crippen LogP contribution is -2.24. The number of phenols is 1. The van der Waals surface area contributed by atoms with Crippen molar-refractivity contribution in [2.75, 3.05) is 13.2 Å². The first kappa shape index (κ1) is 18.7. The number of amides is 1. The molecule has 0 bridgehead atoms. The van der Waals surface area contributed by atoms with Crippen LogP contribution in [-0.2, 0) is 4.79 Å². The Morgan fingerprint density at radius 3 is 2.77 bits per heavy atom. The van der Waals surface area contributed by atoms with E-state index >= 15 is 0 Å². The van der Waals surface area contributed by atoms with E-state index < -0.39 is 17.4 Å². The SMILES string of the molecule is CCOc1cc(C=NNC(=O)COc2ccccc2[N+](=O)[O-])ccc1O. The van der Waals surface area contributed by atoms with Gasteiger partial charge in [0.2, 0.25) is 0 Å². The Kier molecular flexibility index (Phi) is 6.49. The van der Waals surface area contributed by atoms with Crippen molar-refractivity contribution in [3.63, 3.8) is 0 Å². The Hall–Kier alpha value is -3.62. The van der Waals surface area contributed by atoms with E-state index in [1.165, 1.54) is 30.5 Å². The highest BCUT2D eigenvalue weighted by Gasteiger charge is 2.14. The number of hydrazone groups is 1. The summed E-state index contributed by atoms with van der Waals surface area (Å²) in [4.78, 5) is 22.0. The highest BCUT2D eigenvalue weighted by Crippen LogP contribution is 2.26. The number of aromatic hydroxyl groups is 1. The highest BCUT2D eigenvalue weighted by atomic mass is 16.6. The molecule has 0 aliphatic heterocycles. The predicted octanol–water partition coefficient (Wildman–Crippen LogP) is 2.23. The Morgan fingerprint density at radius 1 is 1.27 bits per heavy atom. The molecule has 0 unspecified atom stereocenters. The molecule has 0 aliphatic rings. The highest BCUT2D eigenvalue weighted by molar-refractivity contribution is 5.83. The zero-order valence-electron chi connectivity index (χ0n) is 13.9. The summed E-state index contributed by atoms with van der Waals surface area (Å²) >= 11 is 0. The van der Waals surface area contributed by atoms with Gasteiger partial charge in [-0.1, -0.05) is 12.1 Å². The molecule has 2 N–H and O–H groups in total. The number of para-hydroxylation sites is 2. The van der Waals surface area contributed by atoms with Crippen LogP contribution in [0.1, 0.15) is 12.5 Å². The third-order valence-corrected chi connectivity index (χ3v) is 3.11. The van der Waals surface area contributed by atoms with Gasteiger partial charge in [-0.25, -0.2) is 5.43 Å². The summed E-state index contributed by atoms with van der Waals surface area (Å²) in [6, 6.07) is 10.4. The van der Waals surface area contributed by atoms with Crippen LogP contribution in [0.15, 0.2) is 47.6 Å². The van der Waals surface area contributed by atoms with Crippen LogP contribution in [0.2, 0.25) is 0 Å². The molecule has 0 spiro atoms. The molecule has 2 rings (SSSR count). The minimum atomic E-state index is -0.591. The normalized spacial score (nSPS) is 10.5. The van der Waals surface area contributed by atoms with Gasteiger partial charge in [0.05, 0.1) is 17.7 Å². The second-order valence-corrected chi connectivity index (χ2v) is 4.97. The van der Waals surface area contributed by atoms with Crippen molar-refractivity contribution >= 4 is 17.8 Å². The summed E-state index contributed by atoms with van der Waals surface area (Å²) in [7, 11) is 0. The Morgan fingerprint density at radius 2 is 2.04 bits per heavy atom. The van der Waals surface area contributed by atoms with E-state index in [4.69, 9.17) is 9.47 Å². The van der Waals surface area contributed by atoms with Crippen molar-refractivity contribution in [1.82, 2.24) is 5.43 Å². The minimum absolute atomic E-state index is 0.00322. The van der Waals surface area contributed by atoms with E-state index in [0.717, 1.165) is 0 Å². The molecular weight excluding hydrogens is 342 g/mol. The number of rotatable bonds is 8. The molecule has 0 aromatic heterocycles. The predicted molar refractivity (Wildman–Crippen MR) is 93.6 cm³/mol. The molecule has 1 amide bonds. The van der Waals surface area contributed by atoms with Crippen LogP contribution in [-0.4, -0.2) is 35.4 Å². The van der Waals surface area contributed by atoms with Gasteiger partial charge >= 0.3 is 5.69 Å². The molecule has 0 atom stereocenters. The lowest BCUT2D eigenvalue weighted by molar-refractivity contribution is -0.385. The van der Waals surface area contributed by atoms with Gasteiger partial charge in [0.25, 0.3) is 5.91 Å². The van der Waals surface area contributed by atoms with E-state index in [1.54, 1.807) is 25.1 Å². The van der Waals surface area contributed by atoms with E-state index in [0.29, 0.717) is 17.9 Å². The molecule has 2 aromatic rings. The van der Waals surface area contributed by atoms with Crippen LogP contribution in [0, 0.1) is 10.1 Å². The lowest BCUT2D eigenvalue weighted by Gasteiger charge is -2.06. The molecule has 2 aromatic carbocycles. The summed E-state index contributed by atoms with van der Waals surface area (Å²) < 4.78 is 10.4. The van der Waals surface area contributed by atoms with Gasteiger partial charge in [0.1, 0.15) is 0 Å². The number of carbonyl (C=O) groups excluding carboxylic acids is 1. The molecule has 0 radical (unpaired) electrons. The molecule has 0 fully saturated rings. The monoisotopic (exact) mass is 359 g/mol. The van der Waals surface area contributed by atoms with Gasteiger partial charge in [0.15, 0.2) is 23.9 Å². The fourth-order valence-corrected chi connectivity index (χ4v) is 1.97. The van der Waals surface area contributed by atoms with Crippen LogP contribution in [0.3, 0.4) is 0 Å². The molecule has 9 nitrogen and oxygen atoms in total. The van der Waals surface area contributed by atoms with E-state index in [9.17, 15) is 20.0 Å². The van der Waals surface area contributed by atoms with E-state index in [2.05, 4.69) is 10.5 Å². The number of nitro groups is 1.